The van der Waals surface area contributed by atoms with Crippen LogP contribution in [0.15, 0.2) is 24.3 Å². The van der Waals surface area contributed by atoms with E-state index in [1.54, 1.807) is 0 Å². The van der Waals surface area contributed by atoms with Gasteiger partial charge in [-0.15, -0.1) is 9.42 Å². The minimum absolute atomic E-state index is 0.0668. The zero-order valence-corrected chi connectivity index (χ0v) is 14.4. The predicted octanol–water partition coefficient (Wildman–Crippen LogP) is 3.57. The highest BCUT2D eigenvalue weighted by molar-refractivity contribution is 7.32. The quantitative estimate of drug-likeness (QED) is 0.479. The smallest absolute Gasteiger partial charge is 0.494 e. The van der Waals surface area contributed by atoms with Crippen LogP contribution in [-0.4, -0.2) is 23.6 Å². The van der Waals surface area contributed by atoms with E-state index >= 15 is 0 Å². The molecule has 0 fully saturated rings. The van der Waals surface area contributed by atoms with Crippen LogP contribution in [0.4, 0.5) is 0 Å². The predicted molar refractivity (Wildman–Crippen MR) is 88.2 cm³/mol. The van der Waals surface area contributed by atoms with Crippen molar-refractivity contribution in [2.24, 2.45) is 5.73 Å². The highest BCUT2D eigenvalue weighted by Crippen LogP contribution is 2.21. The molecule has 22 heavy (non-hydrogen) atoms. The summed E-state index contributed by atoms with van der Waals surface area (Å²) in [5.74, 6) is 0.885. The van der Waals surface area contributed by atoms with Crippen LogP contribution in [0.2, 0.25) is 0 Å². The Morgan fingerprint density at radius 2 is 1.95 bits per heavy atom. The fraction of sp³-hybridized carbons (Fsp3) is 0.625. The topological polar surface area (TPSA) is 81.8 Å². The Hall–Kier alpha value is -1.00. The standard InChI is InChI=1S/C16H26NO4P/c1-3-4-5-12-20-15-8-6-14(7-9-15)10-11-16(2,17)13-21-22(18)19/h6-9H,3-5,10-13,17H2,1-2H3/p+1/t16-/m1/s1. The van der Waals surface area contributed by atoms with E-state index in [4.69, 9.17) is 19.9 Å². The van der Waals surface area contributed by atoms with E-state index in [0.29, 0.717) is 6.42 Å². The molecule has 0 aliphatic heterocycles. The van der Waals surface area contributed by atoms with E-state index in [2.05, 4.69) is 6.92 Å². The van der Waals surface area contributed by atoms with E-state index in [-0.39, 0.29) is 6.61 Å². The largest absolute Gasteiger partial charge is 0.694 e. The molecule has 0 aliphatic carbocycles. The molecule has 0 saturated carbocycles. The van der Waals surface area contributed by atoms with Gasteiger partial charge in [0, 0.05) is 10.1 Å². The summed E-state index contributed by atoms with van der Waals surface area (Å²) in [6.45, 7) is 4.81. The summed E-state index contributed by atoms with van der Waals surface area (Å²) in [6.07, 6.45) is 4.92. The van der Waals surface area contributed by atoms with Crippen LogP contribution in [-0.2, 0) is 15.5 Å². The molecule has 1 rings (SSSR count). The summed E-state index contributed by atoms with van der Waals surface area (Å²) in [6, 6.07) is 7.99. The lowest BCUT2D eigenvalue weighted by molar-refractivity contribution is 0.208. The number of aryl methyl sites for hydroxylation is 1. The molecule has 0 heterocycles. The minimum Gasteiger partial charge on any atom is -0.494 e. The van der Waals surface area contributed by atoms with E-state index in [9.17, 15) is 4.57 Å². The fourth-order valence-electron chi connectivity index (χ4n) is 2.00. The average molecular weight is 328 g/mol. The Labute approximate surface area is 133 Å². The van der Waals surface area contributed by atoms with Crippen molar-refractivity contribution in [1.29, 1.82) is 0 Å². The molecule has 6 heteroatoms. The Bertz CT molecular complexity index is 448. The Morgan fingerprint density at radius 1 is 1.27 bits per heavy atom. The first-order valence-corrected chi connectivity index (χ1v) is 8.85. The van der Waals surface area contributed by atoms with Crippen LogP contribution in [0.5, 0.6) is 5.75 Å². The number of nitrogens with two attached hydrogens (primary N) is 1. The molecule has 124 valence electrons. The third-order valence-corrected chi connectivity index (χ3v) is 3.78. The lowest BCUT2D eigenvalue weighted by atomic mass is 9.95. The molecule has 0 bridgehead atoms. The van der Waals surface area contributed by atoms with Crippen molar-refractivity contribution in [1.82, 2.24) is 0 Å². The summed E-state index contributed by atoms with van der Waals surface area (Å²) in [7, 11) is -2.59. The summed E-state index contributed by atoms with van der Waals surface area (Å²) < 4.78 is 20.9. The number of hydrogen-bond acceptors (Lipinski definition) is 4. The van der Waals surface area contributed by atoms with E-state index in [0.717, 1.165) is 30.8 Å². The maximum absolute atomic E-state index is 10.5. The zero-order valence-electron chi connectivity index (χ0n) is 13.5. The van der Waals surface area contributed by atoms with Crippen molar-refractivity contribution in [3.05, 3.63) is 29.8 Å². The Morgan fingerprint density at radius 3 is 2.55 bits per heavy atom. The maximum Gasteiger partial charge on any atom is 0.694 e. The van der Waals surface area contributed by atoms with Gasteiger partial charge >= 0.3 is 8.25 Å². The van der Waals surface area contributed by atoms with E-state index < -0.39 is 13.8 Å². The van der Waals surface area contributed by atoms with Gasteiger partial charge in [0.1, 0.15) is 12.4 Å². The van der Waals surface area contributed by atoms with Gasteiger partial charge < -0.3 is 10.5 Å². The SMILES string of the molecule is CCCCCOc1ccc(CC[C@@](C)(N)CO[P+](=O)O)cc1. The molecular weight excluding hydrogens is 301 g/mol. The molecule has 1 aromatic rings. The van der Waals surface area contributed by atoms with Gasteiger partial charge in [0.05, 0.1) is 6.61 Å². The molecule has 0 spiro atoms. The van der Waals surface area contributed by atoms with Gasteiger partial charge in [-0.1, -0.05) is 31.9 Å². The number of benzene rings is 1. The molecular formula is C16H27NO4P+. The van der Waals surface area contributed by atoms with E-state index in [1.807, 2.05) is 31.2 Å². The van der Waals surface area contributed by atoms with Crippen LogP contribution in [0.25, 0.3) is 0 Å². The molecule has 0 saturated heterocycles. The monoisotopic (exact) mass is 328 g/mol. The van der Waals surface area contributed by atoms with Gasteiger partial charge in [0.25, 0.3) is 0 Å². The average Bonchev–Trinajstić information content (AvgIpc) is 2.49. The van der Waals surface area contributed by atoms with Gasteiger partial charge in [-0.3, -0.25) is 0 Å². The molecule has 0 radical (unpaired) electrons. The molecule has 1 unspecified atom stereocenters. The molecule has 0 amide bonds. The second kappa shape index (κ2) is 9.90. The van der Waals surface area contributed by atoms with Gasteiger partial charge in [-0.05, 0) is 43.9 Å². The van der Waals surface area contributed by atoms with Crippen molar-refractivity contribution < 1.29 is 18.7 Å². The number of ether oxygens (including phenoxy) is 1. The molecule has 3 N–H and O–H groups in total. The normalized spacial score (nSPS) is 14.5. The van der Waals surface area contributed by atoms with Crippen molar-refractivity contribution in [3.63, 3.8) is 0 Å². The van der Waals surface area contributed by atoms with Gasteiger partial charge in [-0.25, -0.2) is 0 Å². The first-order valence-electron chi connectivity index (χ1n) is 7.72. The lowest BCUT2D eigenvalue weighted by Crippen LogP contribution is -2.41. The molecule has 0 aliphatic rings. The third kappa shape index (κ3) is 8.44. The number of hydrogen-bond donors (Lipinski definition) is 2. The van der Waals surface area contributed by atoms with Gasteiger partial charge in [-0.2, -0.15) is 0 Å². The van der Waals surface area contributed by atoms with Crippen molar-refractivity contribution in [2.75, 3.05) is 13.2 Å². The molecule has 0 aromatic heterocycles. The van der Waals surface area contributed by atoms with Crippen LogP contribution >= 0.6 is 8.25 Å². The van der Waals surface area contributed by atoms with E-state index in [1.165, 1.54) is 12.8 Å². The maximum atomic E-state index is 10.5. The number of unbranched alkanes of at least 4 members (excludes halogenated alkanes) is 2. The van der Waals surface area contributed by atoms with Crippen molar-refractivity contribution in [3.8, 4) is 5.75 Å². The van der Waals surface area contributed by atoms with Gasteiger partial charge in [0.2, 0.25) is 0 Å². The summed E-state index contributed by atoms with van der Waals surface area (Å²) in [5, 5.41) is 0. The first kappa shape index (κ1) is 19.0. The second-order valence-corrected chi connectivity index (χ2v) is 6.60. The molecule has 1 aromatic carbocycles. The molecule has 2 atom stereocenters. The first-order chi connectivity index (χ1) is 10.4. The zero-order chi connectivity index (χ0) is 16.4. The van der Waals surface area contributed by atoms with Crippen LogP contribution in [0.3, 0.4) is 0 Å². The number of rotatable bonds is 11. The highest BCUT2D eigenvalue weighted by atomic mass is 31.1. The second-order valence-electron chi connectivity index (χ2n) is 5.86. The van der Waals surface area contributed by atoms with Crippen molar-refractivity contribution >= 4 is 8.25 Å². The lowest BCUT2D eigenvalue weighted by Gasteiger charge is -2.21. The highest BCUT2D eigenvalue weighted by Gasteiger charge is 2.25. The van der Waals surface area contributed by atoms with Gasteiger partial charge in [0.15, 0.2) is 0 Å². The minimum atomic E-state index is -2.59. The third-order valence-electron chi connectivity index (χ3n) is 3.43. The Balaban J connectivity index is 2.35. The van der Waals surface area contributed by atoms with Crippen LogP contribution in [0, 0.1) is 0 Å². The summed E-state index contributed by atoms with van der Waals surface area (Å²) in [5.41, 5.74) is 6.58. The summed E-state index contributed by atoms with van der Waals surface area (Å²) >= 11 is 0. The van der Waals surface area contributed by atoms with Crippen LogP contribution < -0.4 is 10.5 Å². The fourth-order valence-corrected chi connectivity index (χ4v) is 2.40. The van der Waals surface area contributed by atoms with Crippen molar-refractivity contribution in [2.45, 2.75) is 51.5 Å². The van der Waals surface area contributed by atoms with Crippen LogP contribution in [0.1, 0.15) is 45.1 Å². The Kier molecular flexibility index (Phi) is 8.57. The summed E-state index contributed by atoms with van der Waals surface area (Å²) in [4.78, 5) is 8.65. The molecule has 5 nitrogen and oxygen atoms in total.